The second kappa shape index (κ2) is 7.45. The molecule has 3 rings (SSSR count). The summed E-state index contributed by atoms with van der Waals surface area (Å²) in [6.07, 6.45) is 0. The fourth-order valence-corrected chi connectivity index (χ4v) is 3.66. The first kappa shape index (κ1) is 19.6. The number of nitro groups is 1. The Morgan fingerprint density at radius 3 is 2.43 bits per heavy atom. The highest BCUT2D eigenvalue weighted by molar-refractivity contribution is 7.91. The summed E-state index contributed by atoms with van der Waals surface area (Å²) in [7, 11) is -3.96. The predicted molar refractivity (Wildman–Crippen MR) is 101 cm³/mol. The van der Waals surface area contributed by atoms with Crippen LogP contribution in [0.3, 0.4) is 0 Å². The van der Waals surface area contributed by atoms with Gasteiger partial charge in [-0.15, -0.1) is 0 Å². The molecule has 0 bridgehead atoms. The summed E-state index contributed by atoms with van der Waals surface area (Å²) >= 11 is 5.76. The average Bonchev–Trinajstić information content (AvgIpc) is 3.15. The zero-order chi connectivity index (χ0) is 20.5. The van der Waals surface area contributed by atoms with Gasteiger partial charge in [-0.2, -0.15) is 0 Å². The molecule has 3 aromatic rings. The van der Waals surface area contributed by atoms with Gasteiger partial charge in [0.25, 0.3) is 11.6 Å². The Labute approximate surface area is 164 Å². The molecule has 10 heteroatoms. The summed E-state index contributed by atoms with van der Waals surface area (Å²) in [6.45, 7) is 1.66. The number of nitro benzene ring substituents is 1. The highest BCUT2D eigenvalue weighted by atomic mass is 35.5. The monoisotopic (exact) mass is 420 g/mol. The molecular weight excluding hydrogens is 408 g/mol. The molecule has 1 aromatic heterocycles. The smallest absolute Gasteiger partial charge is 0.291 e. The van der Waals surface area contributed by atoms with Crippen molar-refractivity contribution in [3.63, 3.8) is 0 Å². The fourth-order valence-electron chi connectivity index (χ4n) is 2.36. The van der Waals surface area contributed by atoms with Crippen molar-refractivity contribution < 1.29 is 22.6 Å². The summed E-state index contributed by atoms with van der Waals surface area (Å²) in [5.41, 5.74) is 0.628. The summed E-state index contributed by atoms with van der Waals surface area (Å²) in [6, 6.07) is 11.9. The zero-order valence-corrected chi connectivity index (χ0v) is 16.0. The van der Waals surface area contributed by atoms with E-state index in [0.29, 0.717) is 10.6 Å². The van der Waals surface area contributed by atoms with Gasteiger partial charge in [0, 0.05) is 17.2 Å². The topological polar surface area (TPSA) is 120 Å². The lowest BCUT2D eigenvalue weighted by Gasteiger charge is -2.07. The van der Waals surface area contributed by atoms with Crippen LogP contribution in [-0.2, 0) is 9.84 Å². The molecule has 0 atom stereocenters. The second-order valence-electron chi connectivity index (χ2n) is 5.79. The molecule has 0 fully saturated rings. The lowest BCUT2D eigenvalue weighted by molar-refractivity contribution is -0.384. The van der Waals surface area contributed by atoms with Gasteiger partial charge in [0.15, 0.2) is 5.76 Å². The van der Waals surface area contributed by atoms with Crippen LogP contribution in [0.4, 0.5) is 11.4 Å². The maximum Gasteiger partial charge on any atom is 0.291 e. The number of rotatable bonds is 5. The number of nitrogens with one attached hydrogen (secondary N) is 1. The number of anilines is 1. The van der Waals surface area contributed by atoms with Crippen LogP contribution >= 0.6 is 11.6 Å². The number of hydrogen-bond donors (Lipinski definition) is 1. The number of hydrogen-bond acceptors (Lipinski definition) is 6. The number of sulfone groups is 1. The number of benzene rings is 2. The van der Waals surface area contributed by atoms with Crippen LogP contribution in [0.2, 0.25) is 5.02 Å². The van der Waals surface area contributed by atoms with E-state index in [2.05, 4.69) is 5.32 Å². The molecule has 1 N–H and O–H groups in total. The van der Waals surface area contributed by atoms with Gasteiger partial charge in [0.2, 0.25) is 14.9 Å². The van der Waals surface area contributed by atoms with Gasteiger partial charge in [-0.3, -0.25) is 14.9 Å². The van der Waals surface area contributed by atoms with Crippen molar-refractivity contribution in [3.05, 3.63) is 81.1 Å². The van der Waals surface area contributed by atoms with Gasteiger partial charge in [0.1, 0.15) is 0 Å². The Morgan fingerprint density at radius 1 is 1.11 bits per heavy atom. The highest BCUT2D eigenvalue weighted by Gasteiger charge is 2.24. The number of furan rings is 1. The van der Waals surface area contributed by atoms with E-state index in [4.69, 9.17) is 16.0 Å². The zero-order valence-electron chi connectivity index (χ0n) is 14.4. The van der Waals surface area contributed by atoms with Crippen molar-refractivity contribution >= 4 is 38.7 Å². The number of nitrogens with zero attached hydrogens (tertiary/aromatic N) is 1. The van der Waals surface area contributed by atoms with Crippen LogP contribution in [0.5, 0.6) is 0 Å². The van der Waals surface area contributed by atoms with E-state index in [1.54, 1.807) is 6.92 Å². The highest BCUT2D eigenvalue weighted by Crippen LogP contribution is 2.26. The number of non-ortho nitro benzene ring substituents is 1. The van der Waals surface area contributed by atoms with Crippen LogP contribution in [0.25, 0.3) is 0 Å². The number of carbonyl (C=O) groups is 1. The minimum Gasteiger partial charge on any atom is -0.439 e. The molecule has 0 saturated carbocycles. The van der Waals surface area contributed by atoms with Crippen LogP contribution in [0.1, 0.15) is 16.1 Å². The van der Waals surface area contributed by atoms with E-state index in [1.165, 1.54) is 54.6 Å². The Kier molecular flexibility index (Phi) is 5.21. The maximum absolute atomic E-state index is 12.6. The van der Waals surface area contributed by atoms with E-state index < -0.39 is 25.8 Å². The average molecular weight is 421 g/mol. The van der Waals surface area contributed by atoms with Crippen molar-refractivity contribution in [2.24, 2.45) is 0 Å². The van der Waals surface area contributed by atoms with Crippen molar-refractivity contribution in [1.82, 2.24) is 0 Å². The molecular formula is C18H13ClN2O6S. The number of aryl methyl sites for hydroxylation is 1. The Hall–Kier alpha value is -3.17. The summed E-state index contributed by atoms with van der Waals surface area (Å²) in [5, 5.41) is 13.3. The Bertz CT molecular complexity index is 1170. The molecule has 0 aliphatic rings. The molecule has 8 nitrogen and oxygen atoms in total. The standard InChI is InChI=1S/C18H13ClN2O6S/c1-11-2-5-13(21(23)24)10-15(11)20-18(22)16-8-9-17(27-16)28(25,26)14-6-3-12(19)4-7-14/h2-10H,1H3,(H,20,22). The van der Waals surface area contributed by atoms with Crippen molar-refractivity contribution in [2.75, 3.05) is 5.32 Å². The molecule has 0 spiro atoms. The number of halogens is 1. The lowest BCUT2D eigenvalue weighted by Crippen LogP contribution is -2.12. The molecule has 2 aromatic carbocycles. The summed E-state index contributed by atoms with van der Waals surface area (Å²) in [5.74, 6) is -0.986. The molecule has 0 radical (unpaired) electrons. The molecule has 144 valence electrons. The molecule has 0 unspecified atom stereocenters. The van der Waals surface area contributed by atoms with Crippen LogP contribution in [-0.4, -0.2) is 19.2 Å². The fraction of sp³-hybridized carbons (Fsp3) is 0.0556. The number of amides is 1. The van der Waals surface area contributed by atoms with Crippen molar-refractivity contribution in [3.8, 4) is 0 Å². The van der Waals surface area contributed by atoms with E-state index in [-0.39, 0.29) is 22.0 Å². The summed E-state index contributed by atoms with van der Waals surface area (Å²) < 4.78 is 30.4. The van der Waals surface area contributed by atoms with Gasteiger partial charge in [0.05, 0.1) is 15.5 Å². The third-order valence-electron chi connectivity index (χ3n) is 3.87. The van der Waals surface area contributed by atoms with E-state index in [9.17, 15) is 23.3 Å². The third kappa shape index (κ3) is 3.90. The van der Waals surface area contributed by atoms with Gasteiger partial charge in [-0.25, -0.2) is 8.42 Å². The third-order valence-corrected chi connectivity index (χ3v) is 5.77. The molecule has 28 heavy (non-hydrogen) atoms. The number of carbonyl (C=O) groups excluding carboxylic acids is 1. The van der Waals surface area contributed by atoms with E-state index >= 15 is 0 Å². The molecule has 0 saturated heterocycles. The van der Waals surface area contributed by atoms with Crippen LogP contribution < -0.4 is 5.32 Å². The van der Waals surface area contributed by atoms with Crippen molar-refractivity contribution in [2.45, 2.75) is 16.9 Å². The first-order chi connectivity index (χ1) is 13.2. The predicted octanol–water partition coefficient (Wildman–Crippen LogP) is 4.23. The van der Waals surface area contributed by atoms with Gasteiger partial charge >= 0.3 is 0 Å². The van der Waals surface area contributed by atoms with Crippen LogP contribution in [0.15, 0.2) is 69.0 Å². The SMILES string of the molecule is Cc1ccc([N+](=O)[O-])cc1NC(=O)c1ccc(S(=O)(=O)c2ccc(Cl)cc2)o1. The molecule has 1 amide bonds. The Morgan fingerprint density at radius 2 is 1.79 bits per heavy atom. The molecule has 0 aliphatic heterocycles. The van der Waals surface area contributed by atoms with E-state index in [1.807, 2.05) is 0 Å². The molecule has 1 heterocycles. The van der Waals surface area contributed by atoms with Gasteiger partial charge in [-0.1, -0.05) is 17.7 Å². The summed E-state index contributed by atoms with van der Waals surface area (Å²) in [4.78, 5) is 22.7. The maximum atomic E-state index is 12.6. The first-order valence-electron chi connectivity index (χ1n) is 7.85. The van der Waals surface area contributed by atoms with Crippen LogP contribution in [0, 0.1) is 17.0 Å². The lowest BCUT2D eigenvalue weighted by atomic mass is 10.2. The van der Waals surface area contributed by atoms with Gasteiger partial charge in [-0.05, 0) is 48.9 Å². The van der Waals surface area contributed by atoms with Crippen molar-refractivity contribution in [1.29, 1.82) is 0 Å². The minimum absolute atomic E-state index is 0.0345. The Balaban J connectivity index is 1.86. The van der Waals surface area contributed by atoms with Gasteiger partial charge < -0.3 is 9.73 Å². The largest absolute Gasteiger partial charge is 0.439 e. The second-order valence-corrected chi connectivity index (χ2v) is 8.10. The molecule has 0 aliphatic carbocycles. The quantitative estimate of drug-likeness (QED) is 0.487. The normalized spacial score (nSPS) is 11.2. The minimum atomic E-state index is -3.96. The first-order valence-corrected chi connectivity index (χ1v) is 9.71. The van der Waals surface area contributed by atoms with E-state index in [0.717, 1.165) is 0 Å².